The van der Waals surface area contributed by atoms with E-state index in [-0.39, 0.29) is 41.5 Å². The van der Waals surface area contributed by atoms with Gasteiger partial charge in [-0.2, -0.15) is 0 Å². The van der Waals surface area contributed by atoms with Crippen LogP contribution in [0.3, 0.4) is 0 Å². The third kappa shape index (κ3) is 32.8. The van der Waals surface area contributed by atoms with Crippen molar-refractivity contribution in [2.75, 3.05) is 13.2 Å². The van der Waals surface area contributed by atoms with Crippen molar-refractivity contribution in [2.45, 2.75) is 130 Å². The van der Waals surface area contributed by atoms with E-state index in [0.29, 0.717) is 26.1 Å². The number of hydrogen-bond acceptors (Lipinski definition) is 4. The molecule has 0 fully saturated rings. The number of carbonyl (C=O) groups excluding carboxylic acids is 2. The van der Waals surface area contributed by atoms with Gasteiger partial charge in [0.2, 0.25) is 0 Å². The van der Waals surface area contributed by atoms with Crippen LogP contribution in [0.4, 0.5) is 0 Å². The van der Waals surface area contributed by atoms with Gasteiger partial charge in [-0.1, -0.05) is 91.9 Å². The van der Waals surface area contributed by atoms with E-state index in [1.54, 1.807) is 0 Å². The van der Waals surface area contributed by atoms with Crippen LogP contribution in [-0.2, 0) is 19.1 Å². The first-order valence-electron chi connectivity index (χ1n) is 11.9. The predicted octanol–water partition coefficient (Wildman–Crippen LogP) is 7.00. The zero-order chi connectivity index (χ0) is 21.3. The van der Waals surface area contributed by atoms with Crippen molar-refractivity contribution in [1.82, 2.24) is 0 Å². The average Bonchev–Trinajstić information content (AvgIpc) is 2.67. The van der Waals surface area contributed by atoms with Crippen molar-refractivity contribution in [3.05, 3.63) is 0 Å². The number of ether oxygens (including phenoxy) is 2. The van der Waals surface area contributed by atoms with Gasteiger partial charge in [-0.15, -0.1) is 0 Å². The van der Waals surface area contributed by atoms with Gasteiger partial charge >= 0.3 is 11.9 Å². The summed E-state index contributed by atoms with van der Waals surface area (Å²) < 4.78 is 10.1. The molecule has 0 rings (SSSR count). The molecule has 4 nitrogen and oxygen atoms in total. The molecule has 0 aliphatic heterocycles. The summed E-state index contributed by atoms with van der Waals surface area (Å²) in [5.41, 5.74) is 0. The Morgan fingerprint density at radius 2 is 0.793 bits per heavy atom. The summed E-state index contributed by atoms with van der Waals surface area (Å²) in [5.74, 6) is -0.0814. The largest absolute Gasteiger partial charge is 0.466 e. The molecule has 0 aromatic heterocycles. The van der Waals surface area contributed by atoms with Gasteiger partial charge in [-0.3, -0.25) is 9.59 Å². The zero-order valence-electron chi connectivity index (χ0n) is 20.4. The molecule has 0 spiro atoms. The number of unbranched alkanes of at least 4 members (excludes halogenated alkanes) is 10. The monoisotopic (exact) mass is 423 g/mol. The van der Waals surface area contributed by atoms with Crippen LogP contribution in [0.1, 0.15) is 130 Å². The predicted molar refractivity (Wildman–Crippen MR) is 124 cm³/mol. The van der Waals surface area contributed by atoms with E-state index in [4.69, 9.17) is 9.47 Å². The standard InChI is InChI=1S/2C12H24O2.Na/c2*1-3-5-6-7-8-9-11-14-12(13)10-4-2;/h2*3-11H2,1-2H3;. The Hall–Kier alpha value is -0.0600. The number of rotatable bonds is 18. The molecular formula is C24H48NaO4. The molecular weight excluding hydrogens is 375 g/mol. The quantitative estimate of drug-likeness (QED) is 0.135. The minimum absolute atomic E-state index is 0. The third-order valence-electron chi connectivity index (χ3n) is 4.43. The maximum Gasteiger partial charge on any atom is 0.305 e. The molecule has 0 saturated heterocycles. The van der Waals surface area contributed by atoms with Crippen molar-refractivity contribution in [3.63, 3.8) is 0 Å². The van der Waals surface area contributed by atoms with Crippen LogP contribution in [0, 0.1) is 0 Å². The fourth-order valence-electron chi connectivity index (χ4n) is 2.69. The second-order valence-electron chi connectivity index (χ2n) is 7.48. The Labute approximate surface area is 203 Å². The van der Waals surface area contributed by atoms with E-state index in [1.807, 2.05) is 13.8 Å². The zero-order valence-corrected chi connectivity index (χ0v) is 22.4. The summed E-state index contributed by atoms with van der Waals surface area (Å²) in [6.45, 7) is 9.65. The van der Waals surface area contributed by atoms with Crippen molar-refractivity contribution in [2.24, 2.45) is 0 Å². The maximum absolute atomic E-state index is 11.0. The molecule has 0 atom stereocenters. The normalized spacial score (nSPS) is 9.79. The van der Waals surface area contributed by atoms with E-state index in [0.717, 1.165) is 25.7 Å². The van der Waals surface area contributed by atoms with Crippen LogP contribution >= 0.6 is 0 Å². The molecule has 0 aromatic carbocycles. The third-order valence-corrected chi connectivity index (χ3v) is 4.43. The summed E-state index contributed by atoms with van der Waals surface area (Å²) in [5, 5.41) is 0. The smallest absolute Gasteiger partial charge is 0.305 e. The van der Waals surface area contributed by atoms with Gasteiger partial charge in [0.15, 0.2) is 0 Å². The number of carbonyl (C=O) groups is 2. The van der Waals surface area contributed by atoms with E-state index in [9.17, 15) is 9.59 Å². The Kier molecular flexibility index (Phi) is 34.9. The molecule has 0 unspecified atom stereocenters. The van der Waals surface area contributed by atoms with Crippen LogP contribution in [0.15, 0.2) is 0 Å². The SMILES string of the molecule is CCCCCCCCOC(=O)CCC.CCCCCCCCOC(=O)CCC.[Na]. The van der Waals surface area contributed by atoms with Crippen molar-refractivity contribution >= 4 is 41.5 Å². The number of esters is 2. The Morgan fingerprint density at radius 3 is 1.10 bits per heavy atom. The average molecular weight is 424 g/mol. The van der Waals surface area contributed by atoms with Gasteiger partial charge in [0, 0.05) is 42.4 Å². The summed E-state index contributed by atoms with van der Waals surface area (Å²) in [4.78, 5) is 21.9. The second-order valence-corrected chi connectivity index (χ2v) is 7.48. The van der Waals surface area contributed by atoms with Crippen molar-refractivity contribution in [3.8, 4) is 0 Å². The maximum atomic E-state index is 11.0. The molecule has 0 heterocycles. The van der Waals surface area contributed by atoms with Crippen molar-refractivity contribution < 1.29 is 19.1 Å². The number of hydrogen-bond donors (Lipinski definition) is 0. The van der Waals surface area contributed by atoms with Gasteiger partial charge in [0.25, 0.3) is 0 Å². The molecule has 169 valence electrons. The minimum atomic E-state index is -0.0407. The van der Waals surface area contributed by atoms with E-state index in [2.05, 4.69) is 13.8 Å². The fourth-order valence-corrected chi connectivity index (χ4v) is 2.69. The summed E-state index contributed by atoms with van der Waals surface area (Å²) in [6, 6.07) is 0. The molecule has 0 bridgehead atoms. The fraction of sp³-hybridized carbons (Fsp3) is 0.917. The molecule has 0 saturated carbocycles. The van der Waals surface area contributed by atoms with Crippen LogP contribution in [0.2, 0.25) is 0 Å². The Morgan fingerprint density at radius 1 is 0.483 bits per heavy atom. The molecule has 0 aromatic rings. The van der Waals surface area contributed by atoms with Crippen LogP contribution in [-0.4, -0.2) is 54.7 Å². The first-order valence-corrected chi connectivity index (χ1v) is 11.9. The van der Waals surface area contributed by atoms with E-state index in [1.165, 1.54) is 64.2 Å². The first-order chi connectivity index (χ1) is 13.6. The molecule has 0 N–H and O–H groups in total. The summed E-state index contributed by atoms with van der Waals surface area (Å²) in [7, 11) is 0. The molecule has 29 heavy (non-hydrogen) atoms. The van der Waals surface area contributed by atoms with Crippen molar-refractivity contribution in [1.29, 1.82) is 0 Å². The van der Waals surface area contributed by atoms with Gasteiger partial charge in [0.1, 0.15) is 0 Å². The van der Waals surface area contributed by atoms with Crippen LogP contribution in [0.25, 0.3) is 0 Å². The van der Waals surface area contributed by atoms with Gasteiger partial charge in [-0.05, 0) is 25.7 Å². The van der Waals surface area contributed by atoms with Gasteiger partial charge < -0.3 is 9.47 Å². The summed E-state index contributed by atoms with van der Waals surface area (Å²) in [6.07, 6.45) is 17.8. The molecule has 1 radical (unpaired) electrons. The minimum Gasteiger partial charge on any atom is -0.466 e. The molecule has 5 heteroatoms. The summed E-state index contributed by atoms with van der Waals surface area (Å²) >= 11 is 0. The van der Waals surface area contributed by atoms with E-state index < -0.39 is 0 Å². The second kappa shape index (κ2) is 30.1. The topological polar surface area (TPSA) is 52.6 Å². The van der Waals surface area contributed by atoms with Crippen LogP contribution in [0.5, 0.6) is 0 Å². The molecule has 0 amide bonds. The Bertz CT molecular complexity index is 303. The first kappa shape index (κ1) is 33.6. The van der Waals surface area contributed by atoms with Crippen LogP contribution < -0.4 is 0 Å². The molecule has 0 aliphatic rings. The van der Waals surface area contributed by atoms with E-state index >= 15 is 0 Å². The molecule has 0 aliphatic carbocycles. The van der Waals surface area contributed by atoms with Gasteiger partial charge in [0.05, 0.1) is 13.2 Å². The Balaban J connectivity index is -0.000000451. The van der Waals surface area contributed by atoms with Gasteiger partial charge in [-0.25, -0.2) is 0 Å².